The zero-order valence-electron chi connectivity index (χ0n) is 11.5. The molecule has 1 saturated heterocycles. The van der Waals surface area contributed by atoms with Crippen LogP contribution in [0.15, 0.2) is 24.3 Å². The Bertz CT molecular complexity index is 488. The summed E-state index contributed by atoms with van der Waals surface area (Å²) in [5.74, 6) is -0.452. The Labute approximate surface area is 118 Å². The molecule has 0 spiro atoms. The second-order valence-electron chi connectivity index (χ2n) is 6.00. The lowest BCUT2D eigenvalue weighted by molar-refractivity contribution is -0.142. The summed E-state index contributed by atoms with van der Waals surface area (Å²) in [6, 6.07) is 6.40. The lowest BCUT2D eigenvalue weighted by atomic mass is 9.84. The van der Waals surface area contributed by atoms with E-state index in [-0.39, 0.29) is 11.9 Å². The van der Waals surface area contributed by atoms with Crippen LogP contribution in [0.3, 0.4) is 0 Å². The van der Waals surface area contributed by atoms with Crippen LogP contribution in [0.4, 0.5) is 4.39 Å². The first-order valence-corrected chi connectivity index (χ1v) is 7.38. The molecular weight excluding hydrogens is 257 g/mol. The molecule has 1 aromatic rings. The van der Waals surface area contributed by atoms with Crippen LogP contribution in [0.5, 0.6) is 0 Å². The number of rotatable bonds is 3. The predicted molar refractivity (Wildman–Crippen MR) is 73.7 cm³/mol. The number of aliphatic carboxylic acids is 1. The number of carboxylic acid groups (broad SMARTS) is 1. The largest absolute Gasteiger partial charge is 0.480 e. The molecule has 1 aliphatic heterocycles. The molecule has 3 nitrogen and oxygen atoms in total. The molecule has 0 amide bonds. The Kier molecular flexibility index (Phi) is 3.74. The topological polar surface area (TPSA) is 40.5 Å². The van der Waals surface area contributed by atoms with E-state index in [0.717, 1.165) is 24.8 Å². The fourth-order valence-electron chi connectivity index (χ4n) is 3.82. The van der Waals surface area contributed by atoms with E-state index in [9.17, 15) is 14.3 Å². The van der Waals surface area contributed by atoms with Gasteiger partial charge in [0.15, 0.2) is 0 Å². The number of likely N-dealkylation sites (tertiary alicyclic amines) is 1. The molecular formula is C16H20FNO2. The average Bonchev–Trinajstić information content (AvgIpc) is 2.81. The van der Waals surface area contributed by atoms with Crippen molar-refractivity contribution >= 4 is 5.97 Å². The number of carboxylic acids is 1. The number of hydrogen-bond donors (Lipinski definition) is 1. The molecule has 1 heterocycles. The third kappa shape index (κ3) is 2.57. The molecule has 1 saturated carbocycles. The standard InChI is InChI=1S/C16H20FNO2/c17-13-7-5-11(6-8-13)10-18-14-4-2-1-3-12(14)9-15(18)16(19)20/h5-8,12,14-15H,1-4,9-10H2,(H,19,20)/t12-,14-,15+/m1/s1. The fraction of sp³-hybridized carbons (Fsp3) is 0.562. The number of nitrogens with zero attached hydrogens (tertiary/aromatic N) is 1. The van der Waals surface area contributed by atoms with Crippen molar-refractivity contribution < 1.29 is 14.3 Å². The smallest absolute Gasteiger partial charge is 0.320 e. The summed E-state index contributed by atoms with van der Waals surface area (Å²) >= 11 is 0. The molecule has 2 aliphatic rings. The van der Waals surface area contributed by atoms with Crippen LogP contribution >= 0.6 is 0 Å². The van der Waals surface area contributed by atoms with Gasteiger partial charge in [-0.05, 0) is 42.9 Å². The lowest BCUT2D eigenvalue weighted by Gasteiger charge is -2.33. The SMILES string of the molecule is O=C(O)[C@@H]1C[C@H]2CCCC[C@H]2N1Cc1ccc(F)cc1. The van der Waals surface area contributed by atoms with Gasteiger partial charge in [0.1, 0.15) is 11.9 Å². The highest BCUT2D eigenvalue weighted by atomic mass is 19.1. The normalized spacial score (nSPS) is 30.1. The summed E-state index contributed by atoms with van der Waals surface area (Å²) in [6.45, 7) is 0.610. The van der Waals surface area contributed by atoms with Crippen LogP contribution in [0.25, 0.3) is 0 Å². The maximum atomic E-state index is 13.0. The monoisotopic (exact) mass is 277 g/mol. The van der Waals surface area contributed by atoms with Crippen molar-refractivity contribution in [2.75, 3.05) is 0 Å². The third-order valence-corrected chi connectivity index (χ3v) is 4.78. The van der Waals surface area contributed by atoms with Gasteiger partial charge in [0, 0.05) is 12.6 Å². The van der Waals surface area contributed by atoms with E-state index in [2.05, 4.69) is 4.90 Å². The first kappa shape index (κ1) is 13.6. The van der Waals surface area contributed by atoms with E-state index >= 15 is 0 Å². The Hall–Kier alpha value is -1.42. The second-order valence-corrected chi connectivity index (χ2v) is 6.00. The highest BCUT2D eigenvalue weighted by molar-refractivity contribution is 5.74. The van der Waals surface area contributed by atoms with Gasteiger partial charge in [-0.2, -0.15) is 0 Å². The first-order chi connectivity index (χ1) is 9.65. The predicted octanol–water partition coefficient (Wildman–Crippen LogP) is 3.04. The number of halogens is 1. The fourth-order valence-corrected chi connectivity index (χ4v) is 3.82. The van der Waals surface area contributed by atoms with E-state index < -0.39 is 5.97 Å². The van der Waals surface area contributed by atoms with Crippen LogP contribution in [0.2, 0.25) is 0 Å². The molecule has 3 atom stereocenters. The molecule has 2 fully saturated rings. The van der Waals surface area contributed by atoms with Crippen molar-refractivity contribution in [3.05, 3.63) is 35.6 Å². The van der Waals surface area contributed by atoms with Gasteiger partial charge in [0.2, 0.25) is 0 Å². The maximum absolute atomic E-state index is 13.0. The Morgan fingerprint density at radius 2 is 1.95 bits per heavy atom. The molecule has 1 aliphatic carbocycles. The molecule has 108 valence electrons. The molecule has 3 rings (SSSR count). The van der Waals surface area contributed by atoms with Crippen molar-refractivity contribution in [1.29, 1.82) is 0 Å². The summed E-state index contributed by atoms with van der Waals surface area (Å²) < 4.78 is 13.0. The van der Waals surface area contributed by atoms with Gasteiger partial charge in [-0.15, -0.1) is 0 Å². The Balaban J connectivity index is 1.80. The van der Waals surface area contributed by atoms with Gasteiger partial charge in [0.05, 0.1) is 0 Å². The van der Waals surface area contributed by atoms with Crippen molar-refractivity contribution in [3.63, 3.8) is 0 Å². The van der Waals surface area contributed by atoms with E-state index in [1.807, 2.05) is 0 Å². The third-order valence-electron chi connectivity index (χ3n) is 4.78. The lowest BCUT2D eigenvalue weighted by Crippen LogP contribution is -2.41. The molecule has 1 N–H and O–H groups in total. The maximum Gasteiger partial charge on any atom is 0.320 e. The average molecular weight is 277 g/mol. The first-order valence-electron chi connectivity index (χ1n) is 7.38. The molecule has 0 unspecified atom stereocenters. The summed E-state index contributed by atoms with van der Waals surface area (Å²) in [5, 5.41) is 9.45. The van der Waals surface area contributed by atoms with E-state index in [0.29, 0.717) is 18.5 Å². The number of benzene rings is 1. The molecule has 20 heavy (non-hydrogen) atoms. The van der Waals surface area contributed by atoms with Crippen molar-refractivity contribution in [1.82, 2.24) is 4.90 Å². The van der Waals surface area contributed by atoms with Gasteiger partial charge in [-0.25, -0.2) is 4.39 Å². The number of fused-ring (bicyclic) bond motifs is 1. The Morgan fingerprint density at radius 1 is 1.25 bits per heavy atom. The minimum atomic E-state index is -0.721. The van der Waals surface area contributed by atoms with Gasteiger partial charge in [-0.1, -0.05) is 25.0 Å². The number of hydrogen-bond acceptors (Lipinski definition) is 2. The van der Waals surface area contributed by atoms with Crippen LogP contribution in [0, 0.1) is 11.7 Å². The molecule has 1 aromatic carbocycles. The molecule has 0 bridgehead atoms. The van der Waals surface area contributed by atoms with Crippen LogP contribution < -0.4 is 0 Å². The zero-order valence-corrected chi connectivity index (χ0v) is 11.5. The minimum Gasteiger partial charge on any atom is -0.480 e. The van der Waals surface area contributed by atoms with E-state index in [1.54, 1.807) is 12.1 Å². The van der Waals surface area contributed by atoms with Gasteiger partial charge < -0.3 is 5.11 Å². The second kappa shape index (κ2) is 5.52. The van der Waals surface area contributed by atoms with Crippen molar-refractivity contribution in [3.8, 4) is 0 Å². The quantitative estimate of drug-likeness (QED) is 0.923. The summed E-state index contributed by atoms with van der Waals surface area (Å²) in [7, 11) is 0. The van der Waals surface area contributed by atoms with Gasteiger partial charge >= 0.3 is 5.97 Å². The highest BCUT2D eigenvalue weighted by Gasteiger charge is 2.44. The van der Waals surface area contributed by atoms with Crippen molar-refractivity contribution in [2.24, 2.45) is 5.92 Å². The molecule has 0 aromatic heterocycles. The van der Waals surface area contributed by atoms with Crippen molar-refractivity contribution in [2.45, 2.75) is 50.7 Å². The van der Waals surface area contributed by atoms with Crippen LogP contribution in [-0.2, 0) is 11.3 Å². The minimum absolute atomic E-state index is 0.250. The molecule has 4 heteroatoms. The number of carbonyl (C=O) groups is 1. The van der Waals surface area contributed by atoms with Gasteiger partial charge in [-0.3, -0.25) is 9.69 Å². The van der Waals surface area contributed by atoms with Crippen LogP contribution in [-0.4, -0.2) is 28.1 Å². The van der Waals surface area contributed by atoms with Gasteiger partial charge in [0.25, 0.3) is 0 Å². The summed E-state index contributed by atoms with van der Waals surface area (Å²) in [4.78, 5) is 13.6. The molecule has 0 radical (unpaired) electrons. The zero-order chi connectivity index (χ0) is 14.1. The van der Waals surface area contributed by atoms with E-state index in [1.165, 1.54) is 25.0 Å². The Morgan fingerprint density at radius 3 is 2.65 bits per heavy atom. The summed E-state index contributed by atoms with van der Waals surface area (Å²) in [6.07, 6.45) is 5.41. The van der Waals surface area contributed by atoms with E-state index in [4.69, 9.17) is 0 Å². The highest BCUT2D eigenvalue weighted by Crippen LogP contribution is 2.40. The van der Waals surface area contributed by atoms with Crippen LogP contribution in [0.1, 0.15) is 37.7 Å². The summed E-state index contributed by atoms with van der Waals surface area (Å²) in [5.41, 5.74) is 0.990.